The van der Waals surface area contributed by atoms with Gasteiger partial charge in [0.15, 0.2) is 0 Å². The molecule has 8 heteroatoms. The lowest BCUT2D eigenvalue weighted by molar-refractivity contribution is -0.137. The van der Waals surface area contributed by atoms with Crippen molar-refractivity contribution >= 4 is 15.8 Å². The highest BCUT2D eigenvalue weighted by Crippen LogP contribution is 2.39. The van der Waals surface area contributed by atoms with Gasteiger partial charge in [0.1, 0.15) is 33.7 Å². The van der Waals surface area contributed by atoms with Gasteiger partial charge in [0.05, 0.1) is 19.0 Å². The predicted molar refractivity (Wildman–Crippen MR) is 150 cm³/mol. The molecule has 1 heterocycles. The number of carboxylic acids is 1. The van der Waals surface area contributed by atoms with E-state index in [0.29, 0.717) is 32.7 Å². The van der Waals surface area contributed by atoms with E-state index >= 15 is 0 Å². The minimum Gasteiger partial charge on any atom is -0.494 e. The number of benzene rings is 3. The first kappa shape index (κ1) is 27.1. The third kappa shape index (κ3) is 6.92. The fourth-order valence-electron chi connectivity index (χ4n) is 5.34. The highest BCUT2D eigenvalue weighted by molar-refractivity contribution is 7.90. The number of hydrogen-bond donors (Lipinski definition) is 1. The molecular formula is C31H34O7S. The molecule has 0 saturated heterocycles. The fraction of sp³-hybridized carbons (Fsp3) is 0.387. The average Bonchev–Trinajstić information content (AvgIpc) is 3.22. The highest BCUT2D eigenvalue weighted by atomic mass is 32.2. The van der Waals surface area contributed by atoms with Gasteiger partial charge in [-0.05, 0) is 84.2 Å². The summed E-state index contributed by atoms with van der Waals surface area (Å²) in [6, 6.07) is 18.5. The van der Waals surface area contributed by atoms with E-state index in [9.17, 15) is 13.2 Å². The zero-order valence-corrected chi connectivity index (χ0v) is 23.0. The van der Waals surface area contributed by atoms with E-state index in [1.807, 2.05) is 24.3 Å². The molecule has 0 saturated carbocycles. The van der Waals surface area contributed by atoms with E-state index in [0.717, 1.165) is 47.6 Å². The van der Waals surface area contributed by atoms with Crippen LogP contribution in [0.3, 0.4) is 0 Å². The summed E-state index contributed by atoms with van der Waals surface area (Å²) in [4.78, 5) is 10.9. The first-order chi connectivity index (χ1) is 18.7. The Bertz CT molecular complexity index is 1460. The fourth-order valence-corrected chi connectivity index (χ4v) is 5.98. The van der Waals surface area contributed by atoms with Crippen molar-refractivity contribution in [2.24, 2.45) is 0 Å². The highest BCUT2D eigenvalue weighted by Gasteiger charge is 2.25. The quantitative estimate of drug-likeness (QED) is 0.311. The molecule has 1 atom stereocenters. The number of rotatable bonds is 11. The first-order valence-electron chi connectivity index (χ1n) is 13.4. The summed E-state index contributed by atoms with van der Waals surface area (Å²) in [5.41, 5.74) is 7.09. The van der Waals surface area contributed by atoms with Crippen molar-refractivity contribution in [2.75, 3.05) is 25.2 Å². The van der Waals surface area contributed by atoms with Gasteiger partial charge in [-0.15, -0.1) is 0 Å². The summed E-state index contributed by atoms with van der Waals surface area (Å²) in [5, 5.41) is 8.98. The second kappa shape index (κ2) is 11.7. The summed E-state index contributed by atoms with van der Waals surface area (Å²) >= 11 is 0. The SMILES string of the molecule is CS(=O)(=O)CCCOc1ccc2c(c1)CCCc1ccc(COc3ccc4c(c3)OC[C@H]4CCC(=O)O)cc1-2. The Morgan fingerprint density at radius 1 is 0.974 bits per heavy atom. The first-order valence-corrected chi connectivity index (χ1v) is 15.5. The standard InChI is InChI=1S/C31H34O7S/c1-39(34,35)15-3-14-36-25-9-11-27-23(17-25)5-2-4-22-7-6-21(16-29(22)27)19-37-26-10-12-28-24(8-13-31(32)33)20-38-30(28)18-26/h6-7,9-12,16-18,24H,2-5,8,13-15,19-20H2,1H3,(H,32,33)/t24-/m1/s1. The Morgan fingerprint density at radius 2 is 1.77 bits per heavy atom. The van der Waals surface area contributed by atoms with Crippen LogP contribution in [-0.4, -0.2) is 44.7 Å². The topological polar surface area (TPSA) is 99.1 Å². The monoisotopic (exact) mass is 550 g/mol. The van der Waals surface area contributed by atoms with E-state index in [1.54, 1.807) is 0 Å². The third-order valence-electron chi connectivity index (χ3n) is 7.34. The molecule has 7 nitrogen and oxygen atoms in total. The number of fused-ring (bicyclic) bond motifs is 4. The van der Waals surface area contributed by atoms with Crippen molar-refractivity contribution < 1.29 is 32.5 Å². The van der Waals surface area contributed by atoms with Gasteiger partial charge in [-0.1, -0.05) is 24.3 Å². The number of carbonyl (C=O) groups is 1. The zero-order valence-electron chi connectivity index (χ0n) is 22.1. The molecule has 0 unspecified atom stereocenters. The van der Waals surface area contributed by atoms with Gasteiger partial charge >= 0.3 is 5.97 Å². The van der Waals surface area contributed by atoms with Crippen LogP contribution in [0.25, 0.3) is 11.1 Å². The molecule has 5 rings (SSSR count). The number of aliphatic carboxylic acids is 1. The number of carboxylic acid groups (broad SMARTS) is 1. The summed E-state index contributed by atoms with van der Waals surface area (Å²) in [7, 11) is -2.98. The maximum absolute atomic E-state index is 11.4. The van der Waals surface area contributed by atoms with Gasteiger partial charge in [0.2, 0.25) is 0 Å². The van der Waals surface area contributed by atoms with Gasteiger partial charge in [-0.25, -0.2) is 8.42 Å². The zero-order chi connectivity index (χ0) is 27.4. The van der Waals surface area contributed by atoms with Crippen LogP contribution in [0.4, 0.5) is 0 Å². The van der Waals surface area contributed by atoms with Gasteiger partial charge in [0.25, 0.3) is 0 Å². The van der Waals surface area contributed by atoms with Crippen molar-refractivity contribution in [3.63, 3.8) is 0 Å². The van der Waals surface area contributed by atoms with Crippen LogP contribution in [0, 0.1) is 0 Å². The Labute approximate surface area is 229 Å². The lowest BCUT2D eigenvalue weighted by atomic mass is 9.95. The molecule has 1 N–H and O–H groups in total. The summed E-state index contributed by atoms with van der Waals surface area (Å²) in [6.07, 6.45) is 5.43. The van der Waals surface area contributed by atoms with Crippen LogP contribution < -0.4 is 14.2 Å². The van der Waals surface area contributed by atoms with E-state index in [-0.39, 0.29) is 18.1 Å². The van der Waals surface area contributed by atoms with Gasteiger partial charge < -0.3 is 19.3 Å². The second-order valence-electron chi connectivity index (χ2n) is 10.4. The normalized spacial score (nSPS) is 15.9. The molecule has 0 aromatic heterocycles. The summed E-state index contributed by atoms with van der Waals surface area (Å²) in [5.74, 6) is 1.71. The Balaban J connectivity index is 1.25. The van der Waals surface area contributed by atoms with Crippen molar-refractivity contribution in [2.45, 2.75) is 51.0 Å². The Morgan fingerprint density at radius 3 is 2.59 bits per heavy atom. The third-order valence-corrected chi connectivity index (χ3v) is 8.37. The van der Waals surface area contributed by atoms with Gasteiger partial charge in [0, 0.05) is 30.2 Å². The molecular weight excluding hydrogens is 516 g/mol. The molecule has 206 valence electrons. The molecule has 3 aromatic rings. The minimum atomic E-state index is -2.98. The lowest BCUT2D eigenvalue weighted by Crippen LogP contribution is -2.08. The lowest BCUT2D eigenvalue weighted by Gasteiger charge is -2.14. The average molecular weight is 551 g/mol. The maximum atomic E-state index is 11.4. The van der Waals surface area contributed by atoms with Crippen LogP contribution in [0.15, 0.2) is 54.6 Å². The minimum absolute atomic E-state index is 0.105. The molecule has 2 aliphatic rings. The van der Waals surface area contributed by atoms with Crippen molar-refractivity contribution in [3.8, 4) is 28.4 Å². The van der Waals surface area contributed by atoms with Crippen LogP contribution in [0.5, 0.6) is 17.2 Å². The Hall–Kier alpha value is -3.52. The second-order valence-corrected chi connectivity index (χ2v) is 12.7. The predicted octanol–water partition coefficient (Wildman–Crippen LogP) is 5.58. The molecule has 0 fully saturated rings. The van der Waals surface area contributed by atoms with E-state index < -0.39 is 15.8 Å². The molecule has 1 aliphatic carbocycles. The molecule has 0 radical (unpaired) electrons. The van der Waals surface area contributed by atoms with E-state index in [1.165, 1.54) is 28.5 Å². The molecule has 0 bridgehead atoms. The Kier molecular flexibility index (Phi) is 8.12. The molecule has 0 amide bonds. The van der Waals surface area contributed by atoms with Crippen LogP contribution in [0.2, 0.25) is 0 Å². The van der Waals surface area contributed by atoms with Crippen LogP contribution in [-0.2, 0) is 34.1 Å². The number of hydrogen-bond acceptors (Lipinski definition) is 6. The van der Waals surface area contributed by atoms with E-state index in [4.69, 9.17) is 19.3 Å². The number of sulfone groups is 1. The largest absolute Gasteiger partial charge is 0.494 e. The molecule has 1 aliphatic heterocycles. The maximum Gasteiger partial charge on any atom is 0.303 e. The van der Waals surface area contributed by atoms with Gasteiger partial charge in [-0.2, -0.15) is 0 Å². The van der Waals surface area contributed by atoms with Gasteiger partial charge in [-0.3, -0.25) is 4.79 Å². The van der Waals surface area contributed by atoms with Crippen molar-refractivity contribution in [1.82, 2.24) is 0 Å². The van der Waals surface area contributed by atoms with Crippen LogP contribution >= 0.6 is 0 Å². The smallest absolute Gasteiger partial charge is 0.303 e. The van der Waals surface area contributed by atoms with Crippen molar-refractivity contribution in [3.05, 3.63) is 76.9 Å². The van der Waals surface area contributed by atoms with E-state index in [2.05, 4.69) is 30.3 Å². The number of aryl methyl sites for hydroxylation is 2. The summed E-state index contributed by atoms with van der Waals surface area (Å²) < 4.78 is 40.5. The molecule has 3 aromatic carbocycles. The molecule has 0 spiro atoms. The van der Waals surface area contributed by atoms with Crippen molar-refractivity contribution in [1.29, 1.82) is 0 Å². The molecule has 39 heavy (non-hydrogen) atoms. The van der Waals surface area contributed by atoms with Crippen LogP contribution in [0.1, 0.15) is 53.9 Å². The number of ether oxygens (including phenoxy) is 3. The summed E-state index contributed by atoms with van der Waals surface area (Å²) in [6.45, 7) is 1.30.